The second-order valence-corrected chi connectivity index (χ2v) is 15.3. The van der Waals surface area contributed by atoms with Crippen LogP contribution in [-0.4, -0.2) is 0 Å². The first-order chi connectivity index (χ1) is 21.6. The molecule has 2 aromatic carbocycles. The lowest BCUT2D eigenvalue weighted by Crippen LogP contribution is -2.25. The highest BCUT2D eigenvalue weighted by molar-refractivity contribution is 5.66. The highest BCUT2D eigenvalue weighted by Crippen LogP contribution is 2.45. The van der Waals surface area contributed by atoms with Gasteiger partial charge in [-0.1, -0.05) is 115 Å². The first-order valence-electron chi connectivity index (χ1n) is 19.1. The summed E-state index contributed by atoms with van der Waals surface area (Å²) in [6, 6.07) is 11.3. The number of hydrogen-bond acceptors (Lipinski definition) is 0. The molecule has 0 heterocycles. The van der Waals surface area contributed by atoms with Crippen molar-refractivity contribution in [1.29, 1.82) is 0 Å². The van der Waals surface area contributed by atoms with Crippen LogP contribution in [0.3, 0.4) is 0 Å². The monoisotopic (exact) mass is 604 g/mol. The molecule has 44 heavy (non-hydrogen) atoms. The van der Waals surface area contributed by atoms with Gasteiger partial charge in [-0.3, -0.25) is 0 Å². The van der Waals surface area contributed by atoms with Gasteiger partial charge in [-0.15, -0.1) is 0 Å². The molecular weight excluding hydrogens is 542 g/mol. The van der Waals surface area contributed by atoms with Crippen LogP contribution in [0.15, 0.2) is 36.4 Å². The van der Waals surface area contributed by atoms with Crippen LogP contribution in [0.5, 0.6) is 0 Å². The summed E-state index contributed by atoms with van der Waals surface area (Å²) in [6.07, 6.45) is 29.3. The molecule has 0 spiro atoms. The van der Waals surface area contributed by atoms with Gasteiger partial charge >= 0.3 is 0 Å². The molecule has 0 aromatic heterocycles. The van der Waals surface area contributed by atoms with Crippen LogP contribution in [-0.2, 0) is 0 Å². The molecule has 0 N–H and O–H groups in total. The third-order valence-corrected chi connectivity index (χ3v) is 12.3. The summed E-state index contributed by atoms with van der Waals surface area (Å²) in [6.45, 7) is 4.56. The molecule has 3 saturated carbocycles. The highest BCUT2D eigenvalue weighted by atomic mass is 19.1. The maximum Gasteiger partial charge on any atom is 0.131 e. The second-order valence-electron chi connectivity index (χ2n) is 15.3. The van der Waals surface area contributed by atoms with E-state index >= 15 is 8.78 Å². The Kier molecular flexibility index (Phi) is 13.2. The fourth-order valence-electron chi connectivity index (χ4n) is 9.38. The van der Waals surface area contributed by atoms with E-state index in [1.807, 2.05) is 12.1 Å². The molecule has 0 radical (unpaired) electrons. The lowest BCUT2D eigenvalue weighted by Gasteiger charge is -2.38. The molecule has 3 fully saturated rings. The maximum atomic E-state index is 15.5. The van der Waals surface area contributed by atoms with E-state index in [0.29, 0.717) is 23.0 Å². The van der Waals surface area contributed by atoms with Gasteiger partial charge in [0.05, 0.1) is 0 Å². The van der Waals surface area contributed by atoms with Crippen LogP contribution in [0.2, 0.25) is 0 Å². The molecule has 5 rings (SSSR count). The van der Waals surface area contributed by atoms with Gasteiger partial charge in [0.2, 0.25) is 0 Å². The first kappa shape index (κ1) is 33.7. The van der Waals surface area contributed by atoms with Gasteiger partial charge < -0.3 is 0 Å². The summed E-state index contributed by atoms with van der Waals surface area (Å²) < 4.78 is 30.9. The summed E-state index contributed by atoms with van der Waals surface area (Å²) in [4.78, 5) is 0. The van der Waals surface area contributed by atoms with Crippen molar-refractivity contribution in [2.24, 2.45) is 23.7 Å². The average molecular weight is 605 g/mol. The molecule has 3 aliphatic carbocycles. The van der Waals surface area contributed by atoms with Crippen LogP contribution in [0.25, 0.3) is 11.1 Å². The van der Waals surface area contributed by atoms with E-state index in [0.717, 1.165) is 47.6 Å². The number of rotatable bonds is 14. The van der Waals surface area contributed by atoms with Gasteiger partial charge in [-0.2, -0.15) is 0 Å². The third kappa shape index (κ3) is 9.19. The zero-order valence-electron chi connectivity index (χ0n) is 28.2. The quantitative estimate of drug-likeness (QED) is 0.188. The Morgan fingerprint density at radius 1 is 0.477 bits per heavy atom. The Balaban J connectivity index is 1.08. The van der Waals surface area contributed by atoms with Crippen molar-refractivity contribution in [1.82, 2.24) is 0 Å². The minimum Gasteiger partial charge on any atom is -0.206 e. The first-order valence-corrected chi connectivity index (χ1v) is 19.1. The van der Waals surface area contributed by atoms with E-state index in [2.05, 4.69) is 26.0 Å². The maximum absolute atomic E-state index is 15.5. The van der Waals surface area contributed by atoms with Crippen LogP contribution in [0.4, 0.5) is 8.78 Å². The smallest absolute Gasteiger partial charge is 0.131 e. The van der Waals surface area contributed by atoms with Gasteiger partial charge in [0.1, 0.15) is 11.6 Å². The van der Waals surface area contributed by atoms with E-state index in [1.165, 1.54) is 128 Å². The number of unbranched alkanes of at least 4 members (excludes halogenated alkanes) is 6. The minimum absolute atomic E-state index is 0.267. The van der Waals surface area contributed by atoms with Gasteiger partial charge in [0, 0.05) is 11.1 Å². The van der Waals surface area contributed by atoms with Crippen LogP contribution < -0.4 is 0 Å². The fraction of sp³-hybridized carbons (Fsp3) is 0.714. The molecule has 0 nitrogen and oxygen atoms in total. The standard InChI is InChI=1S/C42H62F2/c1-3-5-7-8-10-12-32-13-17-33(18-14-32)34-21-23-36(24-22-34)38-26-28-40(42(44)30-38)39-27-25-37(29-41(39)43)35-19-15-31(16-20-35)11-9-6-4-2/h25-36H,3-24H2,1-2H3. The van der Waals surface area contributed by atoms with Crippen molar-refractivity contribution in [3.8, 4) is 11.1 Å². The Morgan fingerprint density at radius 3 is 1.34 bits per heavy atom. The largest absolute Gasteiger partial charge is 0.206 e. The predicted octanol–water partition coefficient (Wildman–Crippen LogP) is 13.9. The van der Waals surface area contributed by atoms with Crippen molar-refractivity contribution in [3.05, 3.63) is 59.2 Å². The molecule has 2 aromatic rings. The topological polar surface area (TPSA) is 0 Å². The van der Waals surface area contributed by atoms with Crippen molar-refractivity contribution < 1.29 is 8.78 Å². The highest BCUT2D eigenvalue weighted by Gasteiger charge is 2.31. The molecule has 244 valence electrons. The Hall–Kier alpha value is -1.70. The van der Waals surface area contributed by atoms with Gasteiger partial charge in [-0.25, -0.2) is 8.78 Å². The summed E-state index contributed by atoms with van der Waals surface area (Å²) in [7, 11) is 0. The molecule has 2 heteroatoms. The third-order valence-electron chi connectivity index (χ3n) is 12.3. The predicted molar refractivity (Wildman–Crippen MR) is 184 cm³/mol. The van der Waals surface area contributed by atoms with Gasteiger partial charge in [0.25, 0.3) is 0 Å². The van der Waals surface area contributed by atoms with E-state index in [-0.39, 0.29) is 11.6 Å². The van der Waals surface area contributed by atoms with Gasteiger partial charge in [-0.05, 0) is 123 Å². The lowest BCUT2D eigenvalue weighted by atomic mass is 9.68. The summed E-state index contributed by atoms with van der Waals surface area (Å²) in [5.74, 6) is 3.95. The SMILES string of the molecule is CCCCCCCC1CCC(C2CCC(c3ccc(-c4ccc(C5CCC(CCCCC)CC5)cc4F)c(F)c3)CC2)CC1. The summed E-state index contributed by atoms with van der Waals surface area (Å²) in [5, 5.41) is 0. The van der Waals surface area contributed by atoms with E-state index in [1.54, 1.807) is 12.1 Å². The van der Waals surface area contributed by atoms with Crippen molar-refractivity contribution in [2.45, 2.75) is 167 Å². The lowest BCUT2D eigenvalue weighted by molar-refractivity contribution is 0.155. The van der Waals surface area contributed by atoms with E-state index < -0.39 is 0 Å². The molecule has 0 amide bonds. The molecule has 0 unspecified atom stereocenters. The molecule has 0 atom stereocenters. The number of halogens is 2. The molecule has 0 aliphatic heterocycles. The van der Waals surface area contributed by atoms with Crippen molar-refractivity contribution >= 4 is 0 Å². The van der Waals surface area contributed by atoms with Gasteiger partial charge in [0.15, 0.2) is 0 Å². The molecular formula is C42H62F2. The van der Waals surface area contributed by atoms with Crippen LogP contribution in [0.1, 0.15) is 178 Å². The zero-order chi connectivity index (χ0) is 30.7. The molecule has 0 saturated heterocycles. The molecule has 3 aliphatic rings. The Morgan fingerprint density at radius 2 is 0.864 bits per heavy atom. The number of benzene rings is 2. The van der Waals surface area contributed by atoms with Crippen LogP contribution in [0, 0.1) is 35.3 Å². The Labute approximate surface area is 269 Å². The van der Waals surface area contributed by atoms with Crippen molar-refractivity contribution in [3.63, 3.8) is 0 Å². The van der Waals surface area contributed by atoms with Crippen molar-refractivity contribution in [2.75, 3.05) is 0 Å². The summed E-state index contributed by atoms with van der Waals surface area (Å²) in [5.41, 5.74) is 3.03. The number of hydrogen-bond donors (Lipinski definition) is 0. The minimum atomic E-state index is -0.272. The summed E-state index contributed by atoms with van der Waals surface area (Å²) >= 11 is 0. The Bertz CT molecular complexity index is 1110. The van der Waals surface area contributed by atoms with E-state index in [4.69, 9.17) is 0 Å². The van der Waals surface area contributed by atoms with E-state index in [9.17, 15) is 0 Å². The zero-order valence-corrected chi connectivity index (χ0v) is 28.2. The fourth-order valence-corrected chi connectivity index (χ4v) is 9.38. The van der Waals surface area contributed by atoms with Crippen LogP contribution >= 0.6 is 0 Å². The normalized spacial score (nSPS) is 27.8. The second kappa shape index (κ2) is 17.3. The molecule has 0 bridgehead atoms. The average Bonchev–Trinajstić information content (AvgIpc) is 3.06.